The van der Waals surface area contributed by atoms with E-state index in [9.17, 15) is 9.59 Å². The maximum atomic E-state index is 12.7. The number of aromatic amines is 1. The molecule has 3 aromatic rings. The quantitative estimate of drug-likeness (QED) is 0.715. The number of rotatable bonds is 2. The van der Waals surface area contributed by atoms with Gasteiger partial charge in [0.05, 0.1) is 11.8 Å². The molecule has 1 aliphatic carbocycles. The first kappa shape index (κ1) is 14.7. The van der Waals surface area contributed by atoms with Crippen LogP contribution in [0.25, 0.3) is 22.4 Å². The molecule has 1 saturated carbocycles. The van der Waals surface area contributed by atoms with Crippen LogP contribution in [-0.4, -0.2) is 31.8 Å². The predicted molar refractivity (Wildman–Crippen MR) is 92.9 cm³/mol. The summed E-state index contributed by atoms with van der Waals surface area (Å²) in [6, 6.07) is 1.89. The molecule has 1 N–H and O–H groups in total. The van der Waals surface area contributed by atoms with Gasteiger partial charge in [-0.05, 0) is 18.9 Å². The molecule has 0 aromatic carbocycles. The lowest BCUT2D eigenvalue weighted by Crippen LogP contribution is -2.30. The molecule has 3 aromatic heterocycles. The number of carbonyl (C=O) groups excluding carboxylic acids is 2. The van der Waals surface area contributed by atoms with Crippen LogP contribution in [0.15, 0.2) is 24.0 Å². The summed E-state index contributed by atoms with van der Waals surface area (Å²) in [4.78, 5) is 42.8. The zero-order chi connectivity index (χ0) is 17.0. The Morgan fingerprint density at radius 2 is 1.88 bits per heavy atom. The molecule has 2 aliphatic rings. The molecule has 126 valence electrons. The SMILES string of the molecule is O=C1[C@H]2CCCC[C@H]2C(=O)N1c1nc(-c2ncnc3[nH]ccc23)cs1. The summed E-state index contributed by atoms with van der Waals surface area (Å²) < 4.78 is 0. The van der Waals surface area contributed by atoms with Crippen LogP contribution in [0.4, 0.5) is 5.13 Å². The van der Waals surface area contributed by atoms with Gasteiger partial charge in [0.2, 0.25) is 11.8 Å². The molecular weight excluding hydrogens is 338 g/mol. The first-order valence-electron chi connectivity index (χ1n) is 8.36. The van der Waals surface area contributed by atoms with Crippen molar-refractivity contribution in [1.82, 2.24) is 19.9 Å². The van der Waals surface area contributed by atoms with E-state index in [1.807, 2.05) is 11.4 Å². The molecule has 0 radical (unpaired) electrons. The van der Waals surface area contributed by atoms with Crippen molar-refractivity contribution in [1.29, 1.82) is 0 Å². The van der Waals surface area contributed by atoms with Gasteiger partial charge in [-0.15, -0.1) is 11.3 Å². The Hall–Kier alpha value is -2.61. The van der Waals surface area contributed by atoms with E-state index >= 15 is 0 Å². The number of fused-ring (bicyclic) bond motifs is 2. The molecule has 4 heterocycles. The number of hydrogen-bond donors (Lipinski definition) is 1. The van der Waals surface area contributed by atoms with Crippen LogP contribution in [0, 0.1) is 11.8 Å². The second-order valence-corrected chi connectivity index (χ2v) is 7.32. The summed E-state index contributed by atoms with van der Waals surface area (Å²) in [5.41, 5.74) is 2.09. The van der Waals surface area contributed by atoms with E-state index in [1.165, 1.54) is 22.6 Å². The Morgan fingerprint density at radius 1 is 1.12 bits per heavy atom. The minimum Gasteiger partial charge on any atom is -0.346 e. The van der Waals surface area contributed by atoms with Crippen molar-refractivity contribution in [3.8, 4) is 11.4 Å². The molecule has 2 atom stereocenters. The molecule has 1 saturated heterocycles. The van der Waals surface area contributed by atoms with Crippen LogP contribution in [0.1, 0.15) is 25.7 Å². The van der Waals surface area contributed by atoms with Crippen molar-refractivity contribution >= 4 is 39.3 Å². The molecule has 2 amide bonds. The highest BCUT2D eigenvalue weighted by Crippen LogP contribution is 2.41. The van der Waals surface area contributed by atoms with Gasteiger partial charge in [-0.3, -0.25) is 9.59 Å². The fourth-order valence-electron chi connectivity index (χ4n) is 3.90. The monoisotopic (exact) mass is 353 g/mol. The van der Waals surface area contributed by atoms with Gasteiger partial charge in [-0.2, -0.15) is 0 Å². The summed E-state index contributed by atoms with van der Waals surface area (Å²) in [5.74, 6) is -0.511. The lowest BCUT2D eigenvalue weighted by atomic mass is 9.81. The molecule has 0 unspecified atom stereocenters. The van der Waals surface area contributed by atoms with Gasteiger partial charge in [-0.1, -0.05) is 12.8 Å². The van der Waals surface area contributed by atoms with E-state index in [4.69, 9.17) is 0 Å². The predicted octanol–water partition coefficient (Wildman–Crippen LogP) is 2.76. The van der Waals surface area contributed by atoms with Gasteiger partial charge in [-0.25, -0.2) is 19.9 Å². The standard InChI is InChI=1S/C17H15N5O2S/c23-15-9-3-1-2-4-10(9)16(24)22(15)17-21-12(7-25-17)13-11-5-6-18-14(11)20-8-19-13/h5-10H,1-4H2,(H,18,19,20)/t9-,10+. The minimum atomic E-state index is -0.163. The third kappa shape index (κ3) is 2.13. The number of anilines is 1. The van der Waals surface area contributed by atoms with E-state index < -0.39 is 0 Å². The first-order chi connectivity index (χ1) is 12.2. The highest BCUT2D eigenvalue weighted by molar-refractivity contribution is 7.14. The number of thiazole rings is 1. The Morgan fingerprint density at radius 3 is 2.64 bits per heavy atom. The van der Waals surface area contributed by atoms with Crippen LogP contribution < -0.4 is 4.90 Å². The lowest BCUT2D eigenvalue weighted by Gasteiger charge is -2.19. The maximum Gasteiger partial charge on any atom is 0.239 e. The summed E-state index contributed by atoms with van der Waals surface area (Å²) in [7, 11) is 0. The van der Waals surface area contributed by atoms with Crippen molar-refractivity contribution < 1.29 is 9.59 Å². The number of nitrogens with zero attached hydrogens (tertiary/aromatic N) is 4. The largest absolute Gasteiger partial charge is 0.346 e. The number of H-pyrrole nitrogens is 1. The van der Waals surface area contributed by atoms with Gasteiger partial charge in [0.1, 0.15) is 23.4 Å². The fraction of sp³-hybridized carbons (Fsp3) is 0.353. The molecule has 1 aliphatic heterocycles. The molecule has 7 nitrogen and oxygen atoms in total. The molecular formula is C17H15N5O2S. The summed E-state index contributed by atoms with van der Waals surface area (Å²) in [5, 5.41) is 3.15. The molecule has 8 heteroatoms. The van der Waals surface area contributed by atoms with Gasteiger partial charge < -0.3 is 4.98 Å². The number of hydrogen-bond acceptors (Lipinski definition) is 6. The van der Waals surface area contributed by atoms with E-state index in [1.54, 1.807) is 6.20 Å². The van der Waals surface area contributed by atoms with Crippen molar-refractivity contribution in [3.63, 3.8) is 0 Å². The summed E-state index contributed by atoms with van der Waals surface area (Å²) >= 11 is 1.31. The van der Waals surface area contributed by atoms with E-state index in [0.29, 0.717) is 16.5 Å². The zero-order valence-corrected chi connectivity index (χ0v) is 14.1. The zero-order valence-electron chi connectivity index (χ0n) is 13.3. The first-order valence-corrected chi connectivity index (χ1v) is 9.24. The average molecular weight is 353 g/mol. The number of aromatic nitrogens is 4. The molecule has 0 bridgehead atoms. The van der Waals surface area contributed by atoms with Crippen LogP contribution in [0.2, 0.25) is 0 Å². The third-order valence-electron chi connectivity index (χ3n) is 5.12. The van der Waals surface area contributed by atoms with Crippen molar-refractivity contribution in [2.45, 2.75) is 25.7 Å². The average Bonchev–Trinajstić information content (AvgIpc) is 3.34. The Kier molecular flexibility index (Phi) is 3.21. The number of imide groups is 1. The topological polar surface area (TPSA) is 91.8 Å². The van der Waals surface area contributed by atoms with Crippen LogP contribution >= 0.6 is 11.3 Å². The Balaban J connectivity index is 1.54. The highest BCUT2D eigenvalue weighted by Gasteiger charge is 2.49. The lowest BCUT2D eigenvalue weighted by molar-refractivity contribution is -0.122. The summed E-state index contributed by atoms with van der Waals surface area (Å²) in [6.45, 7) is 0. The Labute approximate surface area is 147 Å². The van der Waals surface area contributed by atoms with Gasteiger partial charge in [0.15, 0.2) is 5.13 Å². The third-order valence-corrected chi connectivity index (χ3v) is 5.95. The van der Waals surface area contributed by atoms with Gasteiger partial charge in [0.25, 0.3) is 0 Å². The molecule has 0 spiro atoms. The smallest absolute Gasteiger partial charge is 0.239 e. The maximum absolute atomic E-state index is 12.7. The molecule has 5 rings (SSSR count). The van der Waals surface area contributed by atoms with Crippen LogP contribution in [0.3, 0.4) is 0 Å². The van der Waals surface area contributed by atoms with Crippen molar-refractivity contribution in [2.75, 3.05) is 4.90 Å². The van der Waals surface area contributed by atoms with Crippen LogP contribution in [-0.2, 0) is 9.59 Å². The molecule has 2 fully saturated rings. The number of carbonyl (C=O) groups is 2. The van der Waals surface area contributed by atoms with Crippen LogP contribution in [0.5, 0.6) is 0 Å². The van der Waals surface area contributed by atoms with Crippen molar-refractivity contribution in [3.05, 3.63) is 24.0 Å². The number of amides is 2. The fourth-order valence-corrected chi connectivity index (χ4v) is 4.72. The highest BCUT2D eigenvalue weighted by atomic mass is 32.1. The minimum absolute atomic E-state index is 0.0925. The number of nitrogens with one attached hydrogen (secondary N) is 1. The normalized spacial score (nSPS) is 23.4. The van der Waals surface area contributed by atoms with E-state index in [0.717, 1.165) is 36.7 Å². The second-order valence-electron chi connectivity index (χ2n) is 6.49. The van der Waals surface area contributed by atoms with Gasteiger partial charge in [0, 0.05) is 17.0 Å². The molecule has 25 heavy (non-hydrogen) atoms. The second kappa shape index (κ2) is 5.45. The van der Waals surface area contributed by atoms with Gasteiger partial charge >= 0.3 is 0 Å². The van der Waals surface area contributed by atoms with E-state index in [2.05, 4.69) is 19.9 Å². The summed E-state index contributed by atoms with van der Waals surface area (Å²) in [6.07, 6.45) is 6.93. The van der Waals surface area contributed by atoms with Crippen molar-refractivity contribution in [2.24, 2.45) is 11.8 Å². The Bertz CT molecular complexity index is 970. The van der Waals surface area contributed by atoms with E-state index in [-0.39, 0.29) is 23.7 Å².